The van der Waals surface area contributed by atoms with Crippen LogP contribution in [-0.4, -0.2) is 22.8 Å². The number of likely N-dealkylation sites (N-methyl/N-ethyl adjacent to an activating group) is 1. The van der Waals surface area contributed by atoms with Crippen LogP contribution in [0.15, 0.2) is 29.3 Å². The van der Waals surface area contributed by atoms with Crippen LogP contribution >= 0.6 is 23.1 Å². The number of thiophene rings is 1. The van der Waals surface area contributed by atoms with Crippen molar-refractivity contribution in [3.63, 3.8) is 0 Å². The van der Waals surface area contributed by atoms with E-state index in [4.69, 9.17) is 11.8 Å². The van der Waals surface area contributed by atoms with Gasteiger partial charge in [0.15, 0.2) is 0 Å². The van der Waals surface area contributed by atoms with E-state index in [9.17, 15) is 13.2 Å². The monoisotopic (exact) mass is 268 g/mol. The van der Waals surface area contributed by atoms with Crippen molar-refractivity contribution in [1.29, 1.82) is 0 Å². The summed E-state index contributed by atoms with van der Waals surface area (Å²) in [5.74, 6) is 0. The minimum absolute atomic E-state index is 0.450. The van der Waals surface area contributed by atoms with E-state index in [1.807, 2.05) is 5.38 Å². The number of allylic oxidation sites excluding steroid dienone is 1. The van der Waals surface area contributed by atoms with Crippen molar-refractivity contribution in [3.8, 4) is 0 Å². The summed E-state index contributed by atoms with van der Waals surface area (Å²) in [4.78, 5) is 0.826. The van der Waals surface area contributed by atoms with Gasteiger partial charge in [0.05, 0.1) is 6.04 Å². The molecule has 0 N–H and O–H groups in total. The highest BCUT2D eigenvalue weighted by Crippen LogP contribution is 2.42. The van der Waals surface area contributed by atoms with E-state index in [0.29, 0.717) is 4.53 Å². The highest BCUT2D eigenvalue weighted by Gasteiger charge is 2.45. The molecule has 0 radical (unpaired) electrons. The van der Waals surface area contributed by atoms with Gasteiger partial charge in [-0.15, -0.1) is 11.3 Å². The van der Waals surface area contributed by atoms with Crippen LogP contribution in [0.4, 0.5) is 13.2 Å². The quantitative estimate of drug-likeness (QED) is 0.719. The van der Waals surface area contributed by atoms with Crippen molar-refractivity contribution in [2.24, 2.45) is 0 Å². The van der Waals surface area contributed by atoms with E-state index >= 15 is 0 Å². The van der Waals surface area contributed by atoms with Gasteiger partial charge in [-0.1, -0.05) is 6.07 Å². The van der Waals surface area contributed by atoms with E-state index < -0.39 is 17.9 Å². The maximum atomic E-state index is 12.6. The molecule has 2 heterocycles. The van der Waals surface area contributed by atoms with Crippen molar-refractivity contribution >= 4 is 23.1 Å². The first-order chi connectivity index (χ1) is 7.41. The molecular weight excluding hydrogens is 261 g/mol. The molecule has 1 aromatic rings. The predicted octanol–water partition coefficient (Wildman–Crippen LogP) is 3.55. The smallest absolute Gasteiger partial charge is 0.210 e. The van der Waals surface area contributed by atoms with Crippen LogP contribution in [0.1, 0.15) is 10.9 Å². The molecule has 7 heteroatoms. The highest BCUT2D eigenvalue weighted by molar-refractivity contribution is 7.10. The molecule has 1 aliphatic rings. The predicted molar refractivity (Wildman–Crippen MR) is 56.7 cm³/mol. The molecule has 1 aromatic heterocycles. The van der Waals surface area contributed by atoms with Crippen molar-refractivity contribution < 1.29 is 13.2 Å². The van der Waals surface area contributed by atoms with Crippen LogP contribution in [-0.2, 0) is 0 Å². The molecule has 16 heavy (non-hydrogen) atoms. The molecule has 88 valence electrons. The molecule has 0 aromatic carbocycles. The Kier molecular flexibility index (Phi) is 2.90. The van der Waals surface area contributed by atoms with Gasteiger partial charge in [0, 0.05) is 23.7 Å². The van der Waals surface area contributed by atoms with Gasteiger partial charge in [-0.25, -0.2) is 4.53 Å². The molecule has 2 nitrogen and oxygen atoms in total. The average molecular weight is 269 g/mol. The zero-order valence-electron chi connectivity index (χ0n) is 8.20. The Hall–Kier alpha value is -0.720. The lowest BCUT2D eigenvalue weighted by Gasteiger charge is -2.25. The van der Waals surface area contributed by atoms with Gasteiger partial charge in [0.25, 0.3) is 0 Å². The molecule has 0 amide bonds. The fourth-order valence-corrected chi connectivity index (χ4v) is 2.60. The molecular formula is C9H8ClF3N2S. The van der Waals surface area contributed by atoms with Gasteiger partial charge in [-0.2, -0.15) is 18.2 Å². The molecule has 0 bridgehead atoms. The first-order valence-corrected chi connectivity index (χ1v) is 5.64. The summed E-state index contributed by atoms with van der Waals surface area (Å²) in [6.07, 6.45) is -3.30. The Morgan fingerprint density at radius 2 is 2.12 bits per heavy atom. The number of hydrogen-bond donors (Lipinski definition) is 0. The Morgan fingerprint density at radius 3 is 2.56 bits per heavy atom. The van der Waals surface area contributed by atoms with Gasteiger partial charge in [-0.05, 0) is 17.5 Å². The Morgan fingerprint density at radius 1 is 1.44 bits per heavy atom. The molecule has 0 saturated heterocycles. The van der Waals surface area contributed by atoms with E-state index in [1.165, 1.54) is 23.4 Å². The Bertz CT molecular complexity index is 401. The number of nitrogens with zero attached hydrogens (tertiary/aromatic N) is 2. The standard InChI is InChI=1S/C9H8ClF3N2S/c1-14-6(7-3-2-4-16-7)5-8(15(14)10)9(11,12)13/h2-6H,1H3. The van der Waals surface area contributed by atoms with Crippen molar-refractivity contribution in [1.82, 2.24) is 9.54 Å². The fourth-order valence-electron chi connectivity index (χ4n) is 1.52. The third-order valence-electron chi connectivity index (χ3n) is 2.32. The normalized spacial score (nSPS) is 22.7. The second-order valence-corrected chi connectivity index (χ2v) is 4.64. The second kappa shape index (κ2) is 3.94. The third kappa shape index (κ3) is 1.92. The largest absolute Gasteiger partial charge is 0.433 e. The zero-order valence-corrected chi connectivity index (χ0v) is 9.77. The lowest BCUT2D eigenvalue weighted by Crippen LogP contribution is -2.32. The van der Waals surface area contributed by atoms with Gasteiger partial charge in [-0.3, -0.25) is 0 Å². The minimum Gasteiger partial charge on any atom is -0.210 e. The van der Waals surface area contributed by atoms with E-state index in [1.54, 1.807) is 12.1 Å². The maximum Gasteiger partial charge on any atom is 0.433 e. The highest BCUT2D eigenvalue weighted by atomic mass is 35.5. The lowest BCUT2D eigenvalue weighted by molar-refractivity contribution is -0.114. The Balaban J connectivity index is 2.33. The molecule has 0 spiro atoms. The molecule has 1 atom stereocenters. The number of alkyl halides is 3. The van der Waals surface area contributed by atoms with Crippen LogP contribution in [0.2, 0.25) is 0 Å². The molecule has 1 unspecified atom stereocenters. The van der Waals surface area contributed by atoms with E-state index in [2.05, 4.69) is 0 Å². The number of hydrazine groups is 1. The number of rotatable bonds is 1. The fraction of sp³-hybridized carbons (Fsp3) is 0.333. The SMILES string of the molecule is CN1C(c2cccs2)C=C(C(F)(F)F)N1Cl. The molecule has 2 rings (SSSR count). The lowest BCUT2D eigenvalue weighted by atomic mass is 10.2. The van der Waals surface area contributed by atoms with Gasteiger partial charge in [0.1, 0.15) is 5.70 Å². The second-order valence-electron chi connectivity index (χ2n) is 3.34. The van der Waals surface area contributed by atoms with Crippen molar-refractivity contribution in [2.45, 2.75) is 12.2 Å². The summed E-state index contributed by atoms with van der Waals surface area (Å²) >= 11 is 7.00. The van der Waals surface area contributed by atoms with Crippen LogP contribution in [0.5, 0.6) is 0 Å². The van der Waals surface area contributed by atoms with Crippen LogP contribution < -0.4 is 0 Å². The van der Waals surface area contributed by atoms with Crippen molar-refractivity contribution in [2.75, 3.05) is 7.05 Å². The first kappa shape index (κ1) is 11.8. The van der Waals surface area contributed by atoms with Crippen molar-refractivity contribution in [3.05, 3.63) is 34.2 Å². The van der Waals surface area contributed by atoms with Gasteiger partial charge >= 0.3 is 6.18 Å². The summed E-state index contributed by atoms with van der Waals surface area (Å²) in [7, 11) is 1.52. The average Bonchev–Trinajstić information content (AvgIpc) is 2.75. The summed E-state index contributed by atoms with van der Waals surface area (Å²) in [5, 5.41) is 3.16. The van der Waals surface area contributed by atoms with E-state index in [-0.39, 0.29) is 0 Å². The van der Waals surface area contributed by atoms with Gasteiger partial charge < -0.3 is 0 Å². The zero-order chi connectivity index (χ0) is 11.9. The molecule has 0 fully saturated rings. The van der Waals surface area contributed by atoms with E-state index in [0.717, 1.165) is 11.0 Å². The van der Waals surface area contributed by atoms with Gasteiger partial charge in [0.2, 0.25) is 0 Å². The van der Waals surface area contributed by atoms with Crippen LogP contribution in [0, 0.1) is 0 Å². The molecule has 1 aliphatic heterocycles. The Labute approximate surface area is 99.6 Å². The summed E-state index contributed by atoms with van der Waals surface area (Å²) in [6.45, 7) is 0. The minimum atomic E-state index is -4.43. The van der Waals surface area contributed by atoms with Crippen LogP contribution in [0.25, 0.3) is 0 Å². The molecule has 0 aliphatic carbocycles. The topological polar surface area (TPSA) is 6.48 Å². The van der Waals surface area contributed by atoms with Crippen LogP contribution in [0.3, 0.4) is 0 Å². The maximum absolute atomic E-state index is 12.6. The third-order valence-corrected chi connectivity index (χ3v) is 3.68. The summed E-state index contributed by atoms with van der Waals surface area (Å²) in [5.41, 5.74) is -0.838. The molecule has 0 saturated carbocycles. The summed E-state index contributed by atoms with van der Waals surface area (Å²) < 4.78 is 38.4. The summed E-state index contributed by atoms with van der Waals surface area (Å²) in [6, 6.07) is 3.13. The number of halogens is 4. The number of hydrogen-bond acceptors (Lipinski definition) is 3. The first-order valence-electron chi connectivity index (χ1n) is 4.42.